The Morgan fingerprint density at radius 2 is 2.07 bits per heavy atom. The predicted molar refractivity (Wildman–Crippen MR) is 106 cm³/mol. The van der Waals surface area contributed by atoms with Crippen molar-refractivity contribution in [3.05, 3.63) is 53.7 Å². The van der Waals surface area contributed by atoms with E-state index in [1.54, 1.807) is 17.2 Å². The summed E-state index contributed by atoms with van der Waals surface area (Å²) in [6.45, 7) is 3.35. The lowest BCUT2D eigenvalue weighted by atomic mass is 10.1. The Kier molecular flexibility index (Phi) is 4.63. The molecule has 2 aromatic rings. The number of fused-ring (bicyclic) bond motifs is 1. The molecular weight excluding hydrogens is 362 g/mol. The average Bonchev–Trinajstić information content (AvgIpc) is 3.25. The smallest absolute Gasteiger partial charge is 0.259 e. The van der Waals surface area contributed by atoms with Crippen LogP contribution in [0.2, 0.25) is 0 Å². The number of carbonyl (C=O) groups excluding carboxylic acids is 1. The van der Waals surface area contributed by atoms with E-state index in [0.29, 0.717) is 25.1 Å². The van der Waals surface area contributed by atoms with Gasteiger partial charge in [0.05, 0.1) is 17.1 Å². The number of pyridine rings is 1. The molecule has 1 fully saturated rings. The summed E-state index contributed by atoms with van der Waals surface area (Å²) in [5, 5.41) is 0. The van der Waals surface area contributed by atoms with Crippen molar-refractivity contribution in [2.45, 2.75) is 25.8 Å². The van der Waals surface area contributed by atoms with Crippen molar-refractivity contribution >= 4 is 27.2 Å². The van der Waals surface area contributed by atoms with E-state index in [4.69, 9.17) is 0 Å². The van der Waals surface area contributed by atoms with Crippen molar-refractivity contribution in [1.82, 2.24) is 4.98 Å². The lowest BCUT2D eigenvalue weighted by molar-refractivity contribution is 0.0989. The molecule has 1 aromatic heterocycles. The van der Waals surface area contributed by atoms with Gasteiger partial charge in [0.25, 0.3) is 5.91 Å². The van der Waals surface area contributed by atoms with Gasteiger partial charge in [-0.05, 0) is 43.5 Å². The molecule has 27 heavy (non-hydrogen) atoms. The molecule has 4 rings (SSSR count). The van der Waals surface area contributed by atoms with Gasteiger partial charge in [-0.1, -0.05) is 18.2 Å². The average molecular weight is 385 g/mol. The molecule has 6 nitrogen and oxygen atoms in total. The number of aromatic nitrogens is 1. The molecule has 0 bridgehead atoms. The number of hydrogen-bond donors (Lipinski definition) is 0. The molecule has 0 spiro atoms. The number of nitrogens with zero attached hydrogens (tertiary/aromatic N) is 3. The number of hydrogen-bond acceptors (Lipinski definition) is 5. The second-order valence-electron chi connectivity index (χ2n) is 7.08. The van der Waals surface area contributed by atoms with Crippen molar-refractivity contribution in [2.75, 3.05) is 34.4 Å². The summed E-state index contributed by atoms with van der Waals surface area (Å²) in [6.07, 6.45) is 3.10. The van der Waals surface area contributed by atoms with E-state index in [-0.39, 0.29) is 23.5 Å². The summed E-state index contributed by atoms with van der Waals surface area (Å²) in [4.78, 5) is 21.2. The number of benzene rings is 1. The molecular formula is C20H23N3O3S. The number of carbonyl (C=O) groups is 1. The summed E-state index contributed by atoms with van der Waals surface area (Å²) in [7, 11) is -2.95. The van der Waals surface area contributed by atoms with Gasteiger partial charge in [0.1, 0.15) is 5.82 Å². The highest BCUT2D eigenvalue weighted by atomic mass is 32.2. The van der Waals surface area contributed by atoms with E-state index < -0.39 is 9.84 Å². The van der Waals surface area contributed by atoms with Crippen LogP contribution in [0.15, 0.2) is 42.6 Å². The second kappa shape index (κ2) is 6.96. The third kappa shape index (κ3) is 3.43. The highest BCUT2D eigenvalue weighted by Crippen LogP contribution is 2.29. The van der Waals surface area contributed by atoms with Crippen LogP contribution in [0.3, 0.4) is 0 Å². The minimum Gasteiger partial charge on any atom is -0.353 e. The lowest BCUT2D eigenvalue weighted by Gasteiger charge is -2.28. The van der Waals surface area contributed by atoms with Gasteiger partial charge < -0.3 is 9.80 Å². The van der Waals surface area contributed by atoms with Gasteiger partial charge >= 0.3 is 0 Å². The lowest BCUT2D eigenvalue weighted by Crippen LogP contribution is -2.36. The van der Waals surface area contributed by atoms with Gasteiger partial charge in [0.2, 0.25) is 0 Å². The van der Waals surface area contributed by atoms with Crippen LogP contribution in [0.5, 0.6) is 0 Å². The van der Waals surface area contributed by atoms with E-state index in [9.17, 15) is 13.2 Å². The van der Waals surface area contributed by atoms with Crippen molar-refractivity contribution in [2.24, 2.45) is 0 Å². The molecule has 142 valence electrons. The first-order valence-corrected chi connectivity index (χ1v) is 11.1. The molecule has 1 amide bonds. The molecule has 1 unspecified atom stereocenters. The van der Waals surface area contributed by atoms with E-state index in [0.717, 1.165) is 17.9 Å². The first-order valence-electron chi connectivity index (χ1n) is 9.31. The molecule has 2 aliphatic rings. The Morgan fingerprint density at radius 3 is 2.74 bits per heavy atom. The Hall–Kier alpha value is -2.41. The van der Waals surface area contributed by atoms with Crippen LogP contribution in [0.25, 0.3) is 0 Å². The summed E-state index contributed by atoms with van der Waals surface area (Å²) >= 11 is 0. The Labute approximate surface area is 159 Å². The SMILES string of the molecule is CCN(c1ccc(C(=O)N2CCc3ccccc32)cn1)C1CCS(=O)(=O)C1. The first kappa shape index (κ1) is 18.0. The van der Waals surface area contributed by atoms with E-state index in [1.807, 2.05) is 36.1 Å². The summed E-state index contributed by atoms with van der Waals surface area (Å²) < 4.78 is 23.6. The maximum Gasteiger partial charge on any atom is 0.259 e. The first-order chi connectivity index (χ1) is 13.0. The van der Waals surface area contributed by atoms with Gasteiger partial charge in [-0.15, -0.1) is 0 Å². The summed E-state index contributed by atoms with van der Waals surface area (Å²) in [5.74, 6) is 1.08. The quantitative estimate of drug-likeness (QED) is 0.808. The zero-order valence-electron chi connectivity index (χ0n) is 15.3. The van der Waals surface area contributed by atoms with Crippen LogP contribution in [0.1, 0.15) is 29.3 Å². The molecule has 1 aromatic carbocycles. The molecule has 0 aliphatic carbocycles. The minimum absolute atomic E-state index is 0.0421. The fourth-order valence-electron chi connectivity index (χ4n) is 4.02. The topological polar surface area (TPSA) is 70.6 Å². The van der Waals surface area contributed by atoms with Gasteiger partial charge in [0, 0.05) is 31.0 Å². The van der Waals surface area contributed by atoms with Gasteiger partial charge in [-0.2, -0.15) is 0 Å². The van der Waals surface area contributed by atoms with Crippen molar-refractivity contribution < 1.29 is 13.2 Å². The Balaban J connectivity index is 1.53. The van der Waals surface area contributed by atoms with Gasteiger partial charge in [-0.3, -0.25) is 4.79 Å². The van der Waals surface area contributed by atoms with E-state index in [1.165, 1.54) is 5.56 Å². The number of anilines is 2. The Morgan fingerprint density at radius 1 is 1.26 bits per heavy atom. The number of sulfone groups is 1. The van der Waals surface area contributed by atoms with Crippen molar-refractivity contribution in [3.63, 3.8) is 0 Å². The molecule has 3 heterocycles. The third-order valence-corrected chi connectivity index (χ3v) is 7.16. The highest BCUT2D eigenvalue weighted by molar-refractivity contribution is 7.91. The maximum atomic E-state index is 12.9. The molecule has 1 atom stereocenters. The predicted octanol–water partition coefficient (Wildman–Crippen LogP) is 2.30. The van der Waals surface area contributed by atoms with Crippen molar-refractivity contribution in [3.8, 4) is 0 Å². The Bertz CT molecular complexity index is 957. The second-order valence-corrected chi connectivity index (χ2v) is 9.31. The van der Waals surface area contributed by atoms with Crippen LogP contribution in [-0.2, 0) is 16.3 Å². The monoisotopic (exact) mass is 385 g/mol. The van der Waals surface area contributed by atoms with Crippen LogP contribution in [0.4, 0.5) is 11.5 Å². The summed E-state index contributed by atoms with van der Waals surface area (Å²) in [5.41, 5.74) is 2.71. The molecule has 2 aliphatic heterocycles. The highest BCUT2D eigenvalue weighted by Gasteiger charge is 2.32. The van der Waals surface area contributed by atoms with Gasteiger partial charge in [0.15, 0.2) is 9.84 Å². The maximum absolute atomic E-state index is 12.9. The molecule has 7 heteroatoms. The van der Waals surface area contributed by atoms with E-state index in [2.05, 4.69) is 11.1 Å². The van der Waals surface area contributed by atoms with E-state index >= 15 is 0 Å². The van der Waals surface area contributed by atoms with Crippen LogP contribution >= 0.6 is 0 Å². The fourth-order valence-corrected chi connectivity index (χ4v) is 5.75. The van der Waals surface area contributed by atoms with Crippen LogP contribution in [-0.4, -0.2) is 49.9 Å². The zero-order valence-corrected chi connectivity index (χ0v) is 16.2. The minimum atomic E-state index is -2.95. The fraction of sp³-hybridized carbons (Fsp3) is 0.400. The molecule has 1 saturated heterocycles. The molecule has 0 saturated carbocycles. The largest absolute Gasteiger partial charge is 0.353 e. The summed E-state index contributed by atoms with van der Waals surface area (Å²) in [6, 6.07) is 11.5. The number of rotatable bonds is 4. The van der Waals surface area contributed by atoms with Gasteiger partial charge in [-0.25, -0.2) is 13.4 Å². The normalized spacial score (nSPS) is 20.5. The zero-order chi connectivity index (χ0) is 19.0. The number of amides is 1. The van der Waals surface area contributed by atoms with Crippen LogP contribution in [0, 0.1) is 0 Å². The van der Waals surface area contributed by atoms with Crippen LogP contribution < -0.4 is 9.80 Å². The third-order valence-electron chi connectivity index (χ3n) is 5.41. The standard InChI is InChI=1S/C20H23N3O3S/c1-2-22(17-10-12-27(25,26)14-17)19-8-7-16(13-21-19)20(24)23-11-9-15-5-3-4-6-18(15)23/h3-8,13,17H,2,9-12,14H2,1H3. The molecule has 0 N–H and O–H groups in total. The number of para-hydroxylation sites is 1. The van der Waals surface area contributed by atoms with Crippen molar-refractivity contribution in [1.29, 1.82) is 0 Å². The molecule has 0 radical (unpaired) electrons.